The topological polar surface area (TPSA) is 69.6 Å². The van der Waals surface area contributed by atoms with Crippen LogP contribution in [0.1, 0.15) is 38.5 Å². The van der Waals surface area contributed by atoms with Gasteiger partial charge >= 0.3 is 12.0 Å². The average Bonchev–Trinajstić information content (AvgIpc) is 3.21. The minimum atomic E-state index is -0.926. The Bertz CT molecular complexity index is 361. The maximum Gasteiger partial charge on any atom is 0.323 e. The molecule has 2 N–H and O–H groups in total. The second kappa shape index (κ2) is 5.02. The summed E-state index contributed by atoms with van der Waals surface area (Å²) in [6.07, 6.45) is 7.09. The van der Waals surface area contributed by atoms with Gasteiger partial charge in [0.15, 0.2) is 0 Å². The molecular weight excluding hydrogens is 244 g/mol. The van der Waals surface area contributed by atoms with E-state index in [0.717, 1.165) is 12.8 Å². The van der Waals surface area contributed by atoms with Gasteiger partial charge in [-0.15, -0.1) is 0 Å². The van der Waals surface area contributed by atoms with Crippen LogP contribution in [0.2, 0.25) is 0 Å². The van der Waals surface area contributed by atoms with Gasteiger partial charge in [0.05, 0.1) is 0 Å². The molecule has 19 heavy (non-hydrogen) atoms. The minimum absolute atomic E-state index is 0.168. The van der Waals surface area contributed by atoms with Crippen molar-refractivity contribution < 1.29 is 14.7 Å². The van der Waals surface area contributed by atoms with Crippen LogP contribution in [0.5, 0.6) is 0 Å². The Morgan fingerprint density at radius 3 is 2.11 bits per heavy atom. The molecular formula is C14H22N2O3. The van der Waals surface area contributed by atoms with E-state index in [4.69, 9.17) is 5.11 Å². The van der Waals surface area contributed by atoms with Gasteiger partial charge in [-0.05, 0) is 56.3 Å². The molecule has 5 nitrogen and oxygen atoms in total. The van der Waals surface area contributed by atoms with Gasteiger partial charge in [-0.1, -0.05) is 0 Å². The predicted molar refractivity (Wildman–Crippen MR) is 69.7 cm³/mol. The van der Waals surface area contributed by atoms with Crippen molar-refractivity contribution in [3.05, 3.63) is 0 Å². The maximum absolute atomic E-state index is 12.3. The fourth-order valence-electron chi connectivity index (χ4n) is 2.76. The number of carbonyl (C=O) groups is 2. The molecule has 3 aliphatic carbocycles. The summed E-state index contributed by atoms with van der Waals surface area (Å²) in [4.78, 5) is 24.6. The monoisotopic (exact) mass is 266 g/mol. The highest BCUT2D eigenvalue weighted by Crippen LogP contribution is 2.44. The quantitative estimate of drug-likeness (QED) is 0.736. The number of carbonyl (C=O) groups excluding carboxylic acids is 1. The molecule has 0 bridgehead atoms. The second-order valence-electron chi connectivity index (χ2n) is 6.37. The van der Waals surface area contributed by atoms with Crippen molar-refractivity contribution in [1.82, 2.24) is 10.2 Å². The number of hydrogen-bond donors (Lipinski definition) is 2. The van der Waals surface area contributed by atoms with Gasteiger partial charge in [0.1, 0.15) is 6.54 Å². The Morgan fingerprint density at radius 2 is 1.68 bits per heavy atom. The number of urea groups is 1. The van der Waals surface area contributed by atoms with Crippen LogP contribution in [-0.4, -0.2) is 41.1 Å². The summed E-state index contributed by atoms with van der Waals surface area (Å²) in [5.41, 5.74) is 0. The number of nitrogens with zero attached hydrogens (tertiary/aromatic N) is 1. The normalized spacial score (nSPS) is 22.4. The first-order valence-electron chi connectivity index (χ1n) is 7.40. The molecule has 0 saturated heterocycles. The number of carboxylic acids is 1. The molecule has 0 atom stereocenters. The molecule has 3 aliphatic rings. The zero-order valence-electron chi connectivity index (χ0n) is 11.2. The number of rotatable bonds is 7. The van der Waals surface area contributed by atoms with Crippen molar-refractivity contribution in [2.24, 2.45) is 17.8 Å². The van der Waals surface area contributed by atoms with Crippen LogP contribution >= 0.6 is 0 Å². The minimum Gasteiger partial charge on any atom is -0.480 e. The van der Waals surface area contributed by atoms with Gasteiger partial charge < -0.3 is 15.3 Å². The maximum atomic E-state index is 12.3. The molecule has 0 spiro atoms. The van der Waals surface area contributed by atoms with Gasteiger partial charge in [0.25, 0.3) is 0 Å². The molecule has 3 fully saturated rings. The molecule has 106 valence electrons. The third-order valence-electron chi connectivity index (χ3n) is 4.34. The summed E-state index contributed by atoms with van der Waals surface area (Å²) in [6, 6.07) is 0.126. The highest BCUT2D eigenvalue weighted by atomic mass is 16.4. The lowest BCUT2D eigenvalue weighted by Gasteiger charge is -2.25. The standard InChI is InChI=1S/C14H22N2O3/c17-12(18)8-16(7-9-1-2-9)14(19)15-13(10-3-4-10)11-5-6-11/h9-11,13H,1-8H2,(H,15,19)(H,17,18). The number of nitrogens with one attached hydrogen (secondary N) is 1. The van der Waals surface area contributed by atoms with E-state index in [9.17, 15) is 9.59 Å². The Balaban J connectivity index is 1.56. The van der Waals surface area contributed by atoms with E-state index in [1.165, 1.54) is 30.6 Å². The lowest BCUT2D eigenvalue weighted by atomic mass is 10.1. The van der Waals surface area contributed by atoms with E-state index in [0.29, 0.717) is 30.3 Å². The summed E-state index contributed by atoms with van der Waals surface area (Å²) in [7, 11) is 0. The molecule has 0 aromatic heterocycles. The largest absolute Gasteiger partial charge is 0.480 e. The van der Waals surface area contributed by atoms with Gasteiger partial charge in [-0.3, -0.25) is 4.79 Å². The molecule has 5 heteroatoms. The number of hydrogen-bond acceptors (Lipinski definition) is 2. The zero-order valence-corrected chi connectivity index (χ0v) is 11.2. The van der Waals surface area contributed by atoms with E-state index in [-0.39, 0.29) is 12.6 Å². The second-order valence-corrected chi connectivity index (χ2v) is 6.37. The van der Waals surface area contributed by atoms with Crippen LogP contribution in [-0.2, 0) is 4.79 Å². The molecule has 0 aromatic rings. The van der Waals surface area contributed by atoms with Crippen LogP contribution in [0.3, 0.4) is 0 Å². The molecule has 0 radical (unpaired) electrons. The molecule has 0 unspecified atom stereocenters. The van der Waals surface area contributed by atoms with Crippen molar-refractivity contribution >= 4 is 12.0 Å². The summed E-state index contributed by atoms with van der Waals surface area (Å²) < 4.78 is 0. The van der Waals surface area contributed by atoms with Crippen LogP contribution < -0.4 is 5.32 Å². The average molecular weight is 266 g/mol. The van der Waals surface area contributed by atoms with Gasteiger partial charge in [0, 0.05) is 12.6 Å². The summed E-state index contributed by atoms with van der Waals surface area (Å²) >= 11 is 0. The molecule has 3 saturated carbocycles. The highest BCUT2D eigenvalue weighted by Gasteiger charge is 2.43. The third kappa shape index (κ3) is 3.61. The Hall–Kier alpha value is -1.26. The zero-order chi connectivity index (χ0) is 13.4. The lowest BCUT2D eigenvalue weighted by Crippen LogP contribution is -2.48. The van der Waals surface area contributed by atoms with Gasteiger partial charge in [-0.25, -0.2) is 4.79 Å². The number of carboxylic acid groups (broad SMARTS) is 1. The van der Waals surface area contributed by atoms with Crippen molar-refractivity contribution in [2.75, 3.05) is 13.1 Å². The Kier molecular flexibility index (Phi) is 3.37. The predicted octanol–water partition coefficient (Wildman–Crippen LogP) is 1.68. The van der Waals surface area contributed by atoms with Crippen LogP contribution in [0.15, 0.2) is 0 Å². The lowest BCUT2D eigenvalue weighted by molar-refractivity contribution is -0.137. The summed E-state index contributed by atoms with van der Waals surface area (Å²) in [6.45, 7) is 0.421. The first kappa shape index (κ1) is 12.8. The molecule has 2 amide bonds. The van der Waals surface area contributed by atoms with Crippen LogP contribution in [0, 0.1) is 17.8 Å². The van der Waals surface area contributed by atoms with E-state index in [1.54, 1.807) is 0 Å². The fourth-order valence-corrected chi connectivity index (χ4v) is 2.76. The molecule has 0 heterocycles. The molecule has 0 aliphatic heterocycles. The molecule has 3 rings (SSSR count). The highest BCUT2D eigenvalue weighted by molar-refractivity contribution is 5.80. The number of aliphatic carboxylic acids is 1. The fraction of sp³-hybridized carbons (Fsp3) is 0.857. The van der Waals surface area contributed by atoms with Gasteiger partial charge in [-0.2, -0.15) is 0 Å². The van der Waals surface area contributed by atoms with Crippen molar-refractivity contribution in [3.63, 3.8) is 0 Å². The van der Waals surface area contributed by atoms with Crippen LogP contribution in [0.4, 0.5) is 4.79 Å². The third-order valence-corrected chi connectivity index (χ3v) is 4.34. The summed E-state index contributed by atoms with van der Waals surface area (Å²) in [5, 5.41) is 12.0. The summed E-state index contributed by atoms with van der Waals surface area (Å²) in [5.74, 6) is 0.878. The number of amides is 2. The SMILES string of the molecule is O=C(O)CN(CC1CC1)C(=O)NC(C1CC1)C1CC1. The van der Waals surface area contributed by atoms with E-state index < -0.39 is 5.97 Å². The Labute approximate surface area is 113 Å². The van der Waals surface area contributed by atoms with E-state index in [2.05, 4.69) is 5.32 Å². The molecule has 0 aromatic carbocycles. The van der Waals surface area contributed by atoms with Crippen molar-refractivity contribution in [1.29, 1.82) is 0 Å². The van der Waals surface area contributed by atoms with E-state index >= 15 is 0 Å². The smallest absolute Gasteiger partial charge is 0.323 e. The Morgan fingerprint density at radius 1 is 1.11 bits per heavy atom. The van der Waals surface area contributed by atoms with Crippen molar-refractivity contribution in [3.8, 4) is 0 Å². The van der Waals surface area contributed by atoms with Crippen molar-refractivity contribution in [2.45, 2.75) is 44.6 Å². The first-order chi connectivity index (χ1) is 9.13. The van der Waals surface area contributed by atoms with Gasteiger partial charge in [0.2, 0.25) is 0 Å². The van der Waals surface area contributed by atoms with Crippen LogP contribution in [0.25, 0.3) is 0 Å². The van der Waals surface area contributed by atoms with E-state index in [1.807, 2.05) is 0 Å². The first-order valence-corrected chi connectivity index (χ1v) is 7.40.